The van der Waals surface area contributed by atoms with Crippen LogP contribution in [0.15, 0.2) is 60.7 Å². The van der Waals surface area contributed by atoms with Crippen molar-refractivity contribution in [1.82, 2.24) is 10.6 Å². The highest BCUT2D eigenvalue weighted by molar-refractivity contribution is 5.83. The summed E-state index contributed by atoms with van der Waals surface area (Å²) in [6.07, 6.45) is 1.69. The number of carbonyl (C=O) groups excluding carboxylic acids is 1. The van der Waals surface area contributed by atoms with Crippen molar-refractivity contribution in [3.05, 3.63) is 71.8 Å². The zero-order valence-electron chi connectivity index (χ0n) is 18.8. The number of hydrogen-bond acceptors (Lipinski definition) is 3. The van der Waals surface area contributed by atoms with E-state index in [0.717, 1.165) is 17.5 Å². The van der Waals surface area contributed by atoms with E-state index in [1.54, 1.807) is 0 Å². The molecule has 1 amide bonds. The summed E-state index contributed by atoms with van der Waals surface area (Å²) in [4.78, 5) is 13.1. The first-order valence-corrected chi connectivity index (χ1v) is 11.2. The normalized spacial score (nSPS) is 15.4. The van der Waals surface area contributed by atoms with Gasteiger partial charge in [-0.25, -0.2) is 0 Å². The molecule has 0 aromatic heterocycles. The van der Waals surface area contributed by atoms with Crippen LogP contribution in [0.1, 0.15) is 57.6 Å². The molecule has 4 atom stereocenters. The number of hydrogen-bond donors (Lipinski definition) is 3. The van der Waals surface area contributed by atoms with E-state index in [2.05, 4.69) is 31.4 Å². The van der Waals surface area contributed by atoms with Gasteiger partial charge in [-0.3, -0.25) is 4.79 Å². The third-order valence-electron chi connectivity index (χ3n) is 5.52. The fraction of sp³-hybridized carbons (Fsp3) is 0.500. The number of carbonyl (C=O) groups is 1. The van der Waals surface area contributed by atoms with Crippen molar-refractivity contribution >= 4 is 5.91 Å². The lowest BCUT2D eigenvalue weighted by atomic mass is 9.94. The lowest BCUT2D eigenvalue weighted by Crippen LogP contribution is -2.50. The van der Waals surface area contributed by atoms with Gasteiger partial charge >= 0.3 is 0 Å². The zero-order valence-corrected chi connectivity index (χ0v) is 18.8. The van der Waals surface area contributed by atoms with Crippen LogP contribution >= 0.6 is 0 Å². The van der Waals surface area contributed by atoms with Crippen LogP contribution in [0.3, 0.4) is 0 Å². The second-order valence-electron chi connectivity index (χ2n) is 8.68. The monoisotopic (exact) mass is 410 g/mol. The Labute approximate surface area is 182 Å². The van der Waals surface area contributed by atoms with E-state index in [1.807, 2.05) is 67.6 Å². The average molecular weight is 411 g/mol. The standard InChI is InChI=1S/C26H38N2O2/c1-5-23(22-14-10-7-11-15-22)26(30)28-24(17-21-12-8-6-9-13-21)25(29)18-27-20(4)16-19(2)3/h6-15,19-20,23-25,27,29H,5,16-18H2,1-4H3,(H,28,30)/t20?,23?,24-,25+/m0/s1. The fourth-order valence-corrected chi connectivity index (χ4v) is 3.95. The van der Waals surface area contributed by atoms with E-state index in [0.29, 0.717) is 31.3 Å². The highest BCUT2D eigenvalue weighted by atomic mass is 16.3. The van der Waals surface area contributed by atoms with E-state index in [1.165, 1.54) is 0 Å². The first kappa shape index (κ1) is 24.1. The Bertz CT molecular complexity index is 733. The topological polar surface area (TPSA) is 61.4 Å². The van der Waals surface area contributed by atoms with Gasteiger partial charge in [0.2, 0.25) is 5.91 Å². The number of nitrogens with one attached hydrogen (secondary N) is 2. The minimum Gasteiger partial charge on any atom is -0.390 e. The Morgan fingerprint density at radius 3 is 2.13 bits per heavy atom. The summed E-state index contributed by atoms with van der Waals surface area (Å²) < 4.78 is 0. The van der Waals surface area contributed by atoms with Crippen LogP contribution in [-0.4, -0.2) is 35.7 Å². The van der Waals surface area contributed by atoms with Crippen molar-refractivity contribution < 1.29 is 9.90 Å². The van der Waals surface area contributed by atoms with Crippen LogP contribution in [0.2, 0.25) is 0 Å². The summed E-state index contributed by atoms with van der Waals surface area (Å²) in [5.41, 5.74) is 2.11. The van der Waals surface area contributed by atoms with Crippen LogP contribution < -0.4 is 10.6 Å². The predicted molar refractivity (Wildman–Crippen MR) is 124 cm³/mol. The van der Waals surface area contributed by atoms with Gasteiger partial charge in [-0.1, -0.05) is 81.4 Å². The van der Waals surface area contributed by atoms with E-state index in [-0.39, 0.29) is 17.9 Å². The molecule has 0 heterocycles. The van der Waals surface area contributed by atoms with Gasteiger partial charge in [-0.05, 0) is 43.2 Å². The van der Waals surface area contributed by atoms with Crippen molar-refractivity contribution in [3.63, 3.8) is 0 Å². The van der Waals surface area contributed by atoms with Gasteiger partial charge in [0.1, 0.15) is 0 Å². The van der Waals surface area contributed by atoms with Crippen LogP contribution in [0.4, 0.5) is 0 Å². The van der Waals surface area contributed by atoms with E-state index in [4.69, 9.17) is 0 Å². The summed E-state index contributed by atoms with van der Waals surface area (Å²) in [6, 6.07) is 19.9. The molecule has 2 rings (SSSR count). The van der Waals surface area contributed by atoms with Gasteiger partial charge in [-0.2, -0.15) is 0 Å². The summed E-state index contributed by atoms with van der Waals surface area (Å²) >= 11 is 0. The molecule has 0 saturated heterocycles. The molecule has 4 heteroatoms. The number of aliphatic hydroxyl groups excluding tert-OH is 1. The Hall–Kier alpha value is -2.17. The predicted octanol–water partition coefficient (Wildman–Crippen LogP) is 4.29. The van der Waals surface area contributed by atoms with Gasteiger partial charge in [0, 0.05) is 12.6 Å². The molecule has 0 saturated carbocycles. The maximum atomic E-state index is 13.1. The smallest absolute Gasteiger partial charge is 0.227 e. The van der Waals surface area contributed by atoms with Crippen LogP contribution in [0, 0.1) is 5.92 Å². The molecular weight excluding hydrogens is 372 g/mol. The molecule has 2 aromatic carbocycles. The number of aliphatic hydroxyl groups is 1. The molecule has 2 unspecified atom stereocenters. The minimum atomic E-state index is -0.669. The number of amides is 1. The minimum absolute atomic E-state index is 0.0288. The molecule has 0 fully saturated rings. The maximum Gasteiger partial charge on any atom is 0.227 e. The molecule has 164 valence electrons. The van der Waals surface area contributed by atoms with Gasteiger partial charge in [0.15, 0.2) is 0 Å². The molecule has 0 radical (unpaired) electrons. The second-order valence-corrected chi connectivity index (χ2v) is 8.68. The first-order chi connectivity index (χ1) is 14.4. The zero-order chi connectivity index (χ0) is 21.9. The van der Waals surface area contributed by atoms with Crippen LogP contribution in [0.25, 0.3) is 0 Å². The number of rotatable bonds is 12. The second kappa shape index (κ2) is 12.5. The van der Waals surface area contributed by atoms with E-state index in [9.17, 15) is 9.90 Å². The molecule has 0 spiro atoms. The van der Waals surface area contributed by atoms with Crippen molar-refractivity contribution in [3.8, 4) is 0 Å². The number of benzene rings is 2. The lowest BCUT2D eigenvalue weighted by Gasteiger charge is -2.28. The van der Waals surface area contributed by atoms with Crippen molar-refractivity contribution in [2.45, 2.75) is 71.1 Å². The molecule has 0 bridgehead atoms. The van der Waals surface area contributed by atoms with Crippen LogP contribution in [-0.2, 0) is 11.2 Å². The van der Waals surface area contributed by atoms with Gasteiger partial charge in [0.25, 0.3) is 0 Å². The lowest BCUT2D eigenvalue weighted by molar-refractivity contribution is -0.124. The molecule has 2 aromatic rings. The van der Waals surface area contributed by atoms with Crippen molar-refractivity contribution in [2.24, 2.45) is 5.92 Å². The van der Waals surface area contributed by atoms with E-state index < -0.39 is 6.10 Å². The molecular formula is C26H38N2O2. The van der Waals surface area contributed by atoms with Crippen molar-refractivity contribution in [1.29, 1.82) is 0 Å². The Morgan fingerprint density at radius 1 is 0.967 bits per heavy atom. The third-order valence-corrected chi connectivity index (χ3v) is 5.52. The summed E-state index contributed by atoms with van der Waals surface area (Å²) in [5, 5.41) is 17.5. The Balaban J connectivity index is 2.09. The van der Waals surface area contributed by atoms with E-state index >= 15 is 0 Å². The van der Waals surface area contributed by atoms with Gasteiger partial charge in [0.05, 0.1) is 18.1 Å². The maximum absolute atomic E-state index is 13.1. The molecule has 0 aliphatic rings. The first-order valence-electron chi connectivity index (χ1n) is 11.2. The Kier molecular flexibility index (Phi) is 10.0. The molecule has 3 N–H and O–H groups in total. The summed E-state index contributed by atoms with van der Waals surface area (Å²) in [5.74, 6) is 0.351. The quantitative estimate of drug-likeness (QED) is 0.489. The highest BCUT2D eigenvalue weighted by Crippen LogP contribution is 2.20. The summed E-state index contributed by atoms with van der Waals surface area (Å²) in [6.45, 7) is 9.01. The molecule has 0 aliphatic heterocycles. The highest BCUT2D eigenvalue weighted by Gasteiger charge is 2.26. The summed E-state index contributed by atoms with van der Waals surface area (Å²) in [7, 11) is 0. The third kappa shape index (κ3) is 7.92. The molecule has 0 aliphatic carbocycles. The van der Waals surface area contributed by atoms with Gasteiger partial charge in [-0.15, -0.1) is 0 Å². The average Bonchev–Trinajstić information content (AvgIpc) is 2.73. The Morgan fingerprint density at radius 2 is 1.57 bits per heavy atom. The van der Waals surface area contributed by atoms with Crippen LogP contribution in [0.5, 0.6) is 0 Å². The largest absolute Gasteiger partial charge is 0.390 e. The van der Waals surface area contributed by atoms with Crippen molar-refractivity contribution in [2.75, 3.05) is 6.54 Å². The molecule has 30 heavy (non-hydrogen) atoms. The fourth-order valence-electron chi connectivity index (χ4n) is 3.95. The van der Waals surface area contributed by atoms with Gasteiger partial charge < -0.3 is 15.7 Å². The molecule has 4 nitrogen and oxygen atoms in total. The SMILES string of the molecule is CCC(C(=O)N[C@@H](Cc1ccccc1)[C@H](O)CNC(C)CC(C)C)c1ccccc1.